The minimum atomic E-state index is -2.96. The van der Waals surface area contributed by atoms with Crippen molar-refractivity contribution in [2.45, 2.75) is 36.6 Å². The van der Waals surface area contributed by atoms with Gasteiger partial charge in [-0.3, -0.25) is 9.79 Å². The third kappa shape index (κ3) is 3.98. The van der Waals surface area contributed by atoms with Crippen molar-refractivity contribution >= 4 is 38.4 Å². The molecule has 3 aliphatic rings. The molecule has 1 saturated heterocycles. The van der Waals surface area contributed by atoms with Gasteiger partial charge in [-0.2, -0.15) is 0 Å². The quantitative estimate of drug-likeness (QED) is 0.764. The molecule has 156 valence electrons. The fourth-order valence-electron chi connectivity index (χ4n) is 4.42. The lowest BCUT2D eigenvalue weighted by Gasteiger charge is -2.26. The van der Waals surface area contributed by atoms with E-state index in [0.29, 0.717) is 5.56 Å². The summed E-state index contributed by atoms with van der Waals surface area (Å²) in [5.74, 6) is 0.216. The summed E-state index contributed by atoms with van der Waals surface area (Å²) in [5, 5.41) is 7.15. The summed E-state index contributed by atoms with van der Waals surface area (Å²) in [4.78, 5) is 17.4. The molecule has 1 amide bonds. The number of rotatable bonds is 3. The largest absolute Gasteiger partial charge is 0.345 e. The molecular formula is C22H23N3O3S2. The van der Waals surface area contributed by atoms with E-state index < -0.39 is 9.84 Å². The Balaban J connectivity index is 1.27. The number of fused-ring (bicyclic) bond motifs is 2. The molecule has 0 bridgehead atoms. The van der Waals surface area contributed by atoms with Crippen LogP contribution >= 0.6 is 11.8 Å². The van der Waals surface area contributed by atoms with Crippen LogP contribution in [-0.2, 0) is 16.3 Å². The van der Waals surface area contributed by atoms with E-state index in [4.69, 9.17) is 0 Å². The predicted molar refractivity (Wildman–Crippen MR) is 121 cm³/mol. The molecule has 1 aliphatic carbocycles. The van der Waals surface area contributed by atoms with Crippen LogP contribution in [0.15, 0.2) is 53.5 Å². The van der Waals surface area contributed by atoms with Gasteiger partial charge in [-0.05, 0) is 48.6 Å². The Hall–Kier alpha value is -2.32. The molecule has 0 unspecified atom stereocenters. The Morgan fingerprint density at radius 3 is 2.83 bits per heavy atom. The predicted octanol–water partition coefficient (Wildman–Crippen LogP) is 3.17. The first kappa shape index (κ1) is 19.6. The highest BCUT2D eigenvalue weighted by atomic mass is 32.2. The lowest BCUT2D eigenvalue weighted by atomic mass is 9.87. The molecule has 1 fully saturated rings. The molecule has 5 rings (SSSR count). The SMILES string of the molecule is O=C(N[C@@H]1CCCc2ccccc21)c1cccc(NC2=N[C@H]3CS(=O)(=O)C[C@@H]3S2)c1. The van der Waals surface area contributed by atoms with Crippen molar-refractivity contribution in [2.24, 2.45) is 4.99 Å². The van der Waals surface area contributed by atoms with Gasteiger partial charge in [-0.25, -0.2) is 8.42 Å². The van der Waals surface area contributed by atoms with Gasteiger partial charge in [0.15, 0.2) is 15.0 Å². The fraction of sp³-hybridized carbons (Fsp3) is 0.364. The zero-order chi connectivity index (χ0) is 20.7. The molecule has 2 aliphatic heterocycles. The van der Waals surface area contributed by atoms with E-state index in [1.54, 1.807) is 6.07 Å². The van der Waals surface area contributed by atoms with Crippen molar-refractivity contribution in [3.8, 4) is 0 Å². The number of aliphatic imine (C=N–C) groups is 1. The first-order chi connectivity index (χ1) is 14.5. The number of nitrogens with one attached hydrogen (secondary N) is 2. The minimum absolute atomic E-state index is 0.00430. The third-order valence-electron chi connectivity index (χ3n) is 5.87. The van der Waals surface area contributed by atoms with Gasteiger partial charge >= 0.3 is 0 Å². The first-order valence-electron chi connectivity index (χ1n) is 10.2. The molecule has 8 heteroatoms. The van der Waals surface area contributed by atoms with E-state index in [2.05, 4.69) is 27.8 Å². The van der Waals surface area contributed by atoms with Gasteiger partial charge in [0.2, 0.25) is 0 Å². The molecule has 0 saturated carbocycles. The number of nitrogens with zero attached hydrogens (tertiary/aromatic N) is 1. The summed E-state index contributed by atoms with van der Waals surface area (Å²) in [5.41, 5.74) is 3.90. The number of hydrogen-bond donors (Lipinski definition) is 2. The van der Waals surface area contributed by atoms with Crippen LogP contribution in [0.4, 0.5) is 5.69 Å². The van der Waals surface area contributed by atoms with Crippen LogP contribution in [0.3, 0.4) is 0 Å². The zero-order valence-corrected chi connectivity index (χ0v) is 18.0. The van der Waals surface area contributed by atoms with Crippen molar-refractivity contribution in [3.63, 3.8) is 0 Å². The number of sulfone groups is 1. The van der Waals surface area contributed by atoms with E-state index >= 15 is 0 Å². The average molecular weight is 442 g/mol. The standard InChI is InChI=1S/C22H23N3O3S2/c26-21(24-18-10-4-6-14-5-1-2-9-17(14)18)15-7-3-8-16(11-15)23-22-25-19-12-30(27,28)13-20(19)29-22/h1-3,5,7-9,11,18-20H,4,6,10,12-13H2,(H,23,25)(H,24,26)/t18-,19+,20+/m1/s1. The molecular weight excluding hydrogens is 418 g/mol. The number of amidine groups is 1. The molecule has 0 radical (unpaired) electrons. The second-order valence-corrected chi connectivity index (χ2v) is 11.4. The molecule has 2 aromatic carbocycles. The lowest BCUT2D eigenvalue weighted by Crippen LogP contribution is -2.31. The summed E-state index contributed by atoms with van der Waals surface area (Å²) in [7, 11) is -2.96. The van der Waals surface area contributed by atoms with Gasteiger partial charge in [0.1, 0.15) is 0 Å². The number of carbonyl (C=O) groups is 1. The maximum Gasteiger partial charge on any atom is 0.251 e. The van der Waals surface area contributed by atoms with E-state index in [0.717, 1.165) is 30.1 Å². The van der Waals surface area contributed by atoms with Gasteiger partial charge in [0.25, 0.3) is 5.91 Å². The zero-order valence-electron chi connectivity index (χ0n) is 16.4. The maximum atomic E-state index is 12.9. The highest BCUT2D eigenvalue weighted by molar-refractivity contribution is 8.15. The number of hydrogen-bond acceptors (Lipinski definition) is 6. The topological polar surface area (TPSA) is 87.6 Å². The molecule has 2 aromatic rings. The summed E-state index contributed by atoms with van der Waals surface area (Å²) in [6, 6.07) is 15.5. The Bertz CT molecular complexity index is 1130. The molecule has 3 atom stereocenters. The van der Waals surface area contributed by atoms with Crippen molar-refractivity contribution in [2.75, 3.05) is 16.8 Å². The Labute approximate surface area is 180 Å². The molecule has 30 heavy (non-hydrogen) atoms. The summed E-state index contributed by atoms with van der Waals surface area (Å²) >= 11 is 1.47. The van der Waals surface area contributed by atoms with Crippen LogP contribution in [0.5, 0.6) is 0 Å². The highest BCUT2D eigenvalue weighted by Gasteiger charge is 2.42. The number of thioether (sulfide) groups is 1. The van der Waals surface area contributed by atoms with Gasteiger partial charge in [0.05, 0.1) is 23.6 Å². The second kappa shape index (κ2) is 7.74. The Kier molecular flexibility index (Phi) is 5.06. The van der Waals surface area contributed by atoms with E-state index in [1.807, 2.05) is 30.3 Å². The van der Waals surface area contributed by atoms with Crippen LogP contribution in [-0.4, -0.2) is 42.3 Å². The van der Waals surface area contributed by atoms with Gasteiger partial charge < -0.3 is 10.6 Å². The van der Waals surface area contributed by atoms with E-state index in [1.165, 1.54) is 22.9 Å². The maximum absolute atomic E-state index is 12.9. The molecule has 0 spiro atoms. The number of amides is 1. The summed E-state index contributed by atoms with van der Waals surface area (Å²) in [6.07, 6.45) is 3.07. The van der Waals surface area contributed by atoms with E-state index in [-0.39, 0.29) is 34.7 Å². The minimum Gasteiger partial charge on any atom is -0.345 e. The summed E-state index contributed by atoms with van der Waals surface area (Å²) < 4.78 is 23.4. The van der Waals surface area contributed by atoms with Crippen LogP contribution in [0, 0.1) is 0 Å². The van der Waals surface area contributed by atoms with Crippen LogP contribution in [0.2, 0.25) is 0 Å². The van der Waals surface area contributed by atoms with E-state index in [9.17, 15) is 13.2 Å². The fourth-order valence-corrected chi connectivity index (χ4v) is 8.10. The highest BCUT2D eigenvalue weighted by Crippen LogP contribution is 2.35. The first-order valence-corrected chi connectivity index (χ1v) is 12.9. The van der Waals surface area contributed by atoms with Crippen molar-refractivity contribution in [3.05, 3.63) is 65.2 Å². The van der Waals surface area contributed by atoms with Crippen molar-refractivity contribution in [1.29, 1.82) is 0 Å². The van der Waals surface area contributed by atoms with Crippen LogP contribution < -0.4 is 10.6 Å². The van der Waals surface area contributed by atoms with Gasteiger partial charge in [-0.15, -0.1) is 0 Å². The normalized spacial score (nSPS) is 26.4. The lowest BCUT2D eigenvalue weighted by molar-refractivity contribution is 0.0933. The molecule has 6 nitrogen and oxygen atoms in total. The molecule has 2 heterocycles. The van der Waals surface area contributed by atoms with Crippen LogP contribution in [0.1, 0.15) is 40.4 Å². The number of aryl methyl sites for hydroxylation is 1. The molecule has 0 aromatic heterocycles. The number of benzene rings is 2. The van der Waals surface area contributed by atoms with Gasteiger partial charge in [0, 0.05) is 16.5 Å². The third-order valence-corrected chi connectivity index (χ3v) is 9.01. The molecule has 2 N–H and O–H groups in total. The van der Waals surface area contributed by atoms with Crippen molar-refractivity contribution < 1.29 is 13.2 Å². The number of anilines is 1. The Morgan fingerprint density at radius 2 is 1.97 bits per heavy atom. The van der Waals surface area contributed by atoms with Gasteiger partial charge in [-0.1, -0.05) is 42.1 Å². The van der Waals surface area contributed by atoms with Crippen LogP contribution in [0.25, 0.3) is 0 Å². The average Bonchev–Trinajstić information content (AvgIpc) is 3.21. The smallest absolute Gasteiger partial charge is 0.251 e. The summed E-state index contributed by atoms with van der Waals surface area (Å²) in [6.45, 7) is 0. The monoisotopic (exact) mass is 441 g/mol. The Morgan fingerprint density at radius 1 is 1.10 bits per heavy atom. The number of carbonyl (C=O) groups excluding carboxylic acids is 1. The van der Waals surface area contributed by atoms with Crippen molar-refractivity contribution in [1.82, 2.24) is 5.32 Å². The second-order valence-electron chi connectivity index (χ2n) is 8.06.